The van der Waals surface area contributed by atoms with Gasteiger partial charge >= 0.3 is 0 Å². The average Bonchev–Trinajstić information content (AvgIpc) is 2.40. The van der Waals surface area contributed by atoms with E-state index in [-0.39, 0.29) is 0 Å². The maximum atomic E-state index is 3.52. The van der Waals surface area contributed by atoms with Crippen molar-refractivity contribution in [2.75, 3.05) is 6.54 Å². The fourth-order valence-corrected chi connectivity index (χ4v) is 2.26. The summed E-state index contributed by atoms with van der Waals surface area (Å²) in [5.41, 5.74) is 6.93. The third-order valence-electron chi connectivity index (χ3n) is 3.73. The number of nitrogens with one attached hydrogen (secondary N) is 1. The smallest absolute Gasteiger partial charge is 0.0205 e. The standard InChI is InChI=1S/C18H23N/c1-14-8-9-17(12-16(14)3)13-19-11-10-18-7-5-4-6-15(18)2/h4-9,12,19H,10-11,13H2,1-3H3. The van der Waals surface area contributed by atoms with Crippen molar-refractivity contribution in [3.63, 3.8) is 0 Å². The molecule has 1 heteroatoms. The molecular formula is C18H23N. The van der Waals surface area contributed by atoms with Crippen molar-refractivity contribution in [1.82, 2.24) is 5.32 Å². The van der Waals surface area contributed by atoms with Crippen LogP contribution in [-0.4, -0.2) is 6.54 Å². The van der Waals surface area contributed by atoms with Crippen LogP contribution in [0.15, 0.2) is 42.5 Å². The van der Waals surface area contributed by atoms with Crippen LogP contribution in [0.1, 0.15) is 27.8 Å². The highest BCUT2D eigenvalue weighted by Gasteiger charge is 1.98. The van der Waals surface area contributed by atoms with Crippen LogP contribution in [0.2, 0.25) is 0 Å². The lowest BCUT2D eigenvalue weighted by molar-refractivity contribution is 0.685. The molecule has 1 nitrogen and oxygen atoms in total. The normalized spacial score (nSPS) is 10.7. The summed E-state index contributed by atoms with van der Waals surface area (Å²) >= 11 is 0. The molecule has 0 amide bonds. The molecule has 0 aliphatic rings. The highest BCUT2D eigenvalue weighted by Crippen LogP contribution is 2.10. The van der Waals surface area contributed by atoms with Crippen molar-refractivity contribution in [3.8, 4) is 0 Å². The lowest BCUT2D eigenvalue weighted by atomic mass is 10.1. The third kappa shape index (κ3) is 3.93. The van der Waals surface area contributed by atoms with E-state index < -0.39 is 0 Å². The van der Waals surface area contributed by atoms with Crippen LogP contribution in [0.25, 0.3) is 0 Å². The maximum absolute atomic E-state index is 3.52. The van der Waals surface area contributed by atoms with Gasteiger partial charge in [-0.05, 0) is 61.6 Å². The molecule has 0 aliphatic carbocycles. The molecule has 0 spiro atoms. The van der Waals surface area contributed by atoms with Crippen molar-refractivity contribution in [1.29, 1.82) is 0 Å². The highest BCUT2D eigenvalue weighted by molar-refractivity contribution is 5.30. The van der Waals surface area contributed by atoms with Gasteiger partial charge in [0.2, 0.25) is 0 Å². The van der Waals surface area contributed by atoms with Crippen molar-refractivity contribution < 1.29 is 0 Å². The second-order valence-corrected chi connectivity index (χ2v) is 5.27. The Balaban J connectivity index is 1.81. The van der Waals surface area contributed by atoms with Crippen LogP contribution < -0.4 is 5.32 Å². The van der Waals surface area contributed by atoms with Gasteiger partial charge in [0.1, 0.15) is 0 Å². The predicted molar refractivity (Wildman–Crippen MR) is 82.5 cm³/mol. The van der Waals surface area contributed by atoms with Gasteiger partial charge in [-0.1, -0.05) is 42.5 Å². The van der Waals surface area contributed by atoms with Gasteiger partial charge in [-0.2, -0.15) is 0 Å². The summed E-state index contributed by atoms with van der Waals surface area (Å²) in [5, 5.41) is 3.52. The van der Waals surface area contributed by atoms with Crippen LogP contribution >= 0.6 is 0 Å². The van der Waals surface area contributed by atoms with E-state index in [0.717, 1.165) is 19.5 Å². The molecule has 2 rings (SSSR count). The fraction of sp³-hybridized carbons (Fsp3) is 0.333. The SMILES string of the molecule is Cc1ccc(CNCCc2ccccc2C)cc1C. The second kappa shape index (κ2) is 6.53. The first-order chi connectivity index (χ1) is 9.16. The fourth-order valence-electron chi connectivity index (χ4n) is 2.26. The van der Waals surface area contributed by atoms with Crippen LogP contribution in [0.4, 0.5) is 0 Å². The van der Waals surface area contributed by atoms with E-state index in [2.05, 4.69) is 68.6 Å². The van der Waals surface area contributed by atoms with E-state index in [9.17, 15) is 0 Å². The van der Waals surface area contributed by atoms with Gasteiger partial charge in [0.05, 0.1) is 0 Å². The lowest BCUT2D eigenvalue weighted by Gasteiger charge is -2.08. The zero-order valence-corrected chi connectivity index (χ0v) is 12.2. The molecule has 1 N–H and O–H groups in total. The van der Waals surface area contributed by atoms with E-state index in [0.29, 0.717) is 0 Å². The van der Waals surface area contributed by atoms with E-state index in [1.807, 2.05) is 0 Å². The van der Waals surface area contributed by atoms with E-state index in [1.165, 1.54) is 27.8 Å². The van der Waals surface area contributed by atoms with Crippen LogP contribution in [-0.2, 0) is 13.0 Å². The number of aryl methyl sites for hydroxylation is 3. The van der Waals surface area contributed by atoms with Gasteiger partial charge in [0.25, 0.3) is 0 Å². The quantitative estimate of drug-likeness (QED) is 0.796. The molecule has 0 unspecified atom stereocenters. The van der Waals surface area contributed by atoms with Crippen molar-refractivity contribution in [2.24, 2.45) is 0 Å². The molecule has 2 aromatic rings. The van der Waals surface area contributed by atoms with Crippen LogP contribution in [0.5, 0.6) is 0 Å². The minimum atomic E-state index is 0.951. The molecular weight excluding hydrogens is 230 g/mol. The minimum absolute atomic E-state index is 0.951. The predicted octanol–water partition coefficient (Wildman–Crippen LogP) is 3.94. The Bertz CT molecular complexity index is 543. The maximum Gasteiger partial charge on any atom is 0.0205 e. The van der Waals surface area contributed by atoms with E-state index in [1.54, 1.807) is 0 Å². The Morgan fingerprint density at radius 2 is 1.63 bits per heavy atom. The Hall–Kier alpha value is -1.60. The molecule has 2 aromatic carbocycles. The molecule has 0 bridgehead atoms. The Morgan fingerprint density at radius 3 is 2.37 bits per heavy atom. The highest BCUT2D eigenvalue weighted by atomic mass is 14.8. The molecule has 0 radical (unpaired) electrons. The van der Waals surface area contributed by atoms with Crippen molar-refractivity contribution in [2.45, 2.75) is 33.7 Å². The van der Waals surface area contributed by atoms with Gasteiger partial charge in [0, 0.05) is 6.54 Å². The van der Waals surface area contributed by atoms with Crippen LogP contribution in [0, 0.1) is 20.8 Å². The number of benzene rings is 2. The van der Waals surface area contributed by atoms with Gasteiger partial charge in [-0.15, -0.1) is 0 Å². The van der Waals surface area contributed by atoms with E-state index in [4.69, 9.17) is 0 Å². The Labute approximate surface area is 116 Å². The van der Waals surface area contributed by atoms with Crippen LogP contribution in [0.3, 0.4) is 0 Å². The molecule has 19 heavy (non-hydrogen) atoms. The molecule has 0 saturated carbocycles. The summed E-state index contributed by atoms with van der Waals surface area (Å²) in [7, 11) is 0. The van der Waals surface area contributed by atoms with Gasteiger partial charge in [0.15, 0.2) is 0 Å². The zero-order chi connectivity index (χ0) is 13.7. The summed E-state index contributed by atoms with van der Waals surface area (Å²) in [5.74, 6) is 0. The zero-order valence-electron chi connectivity index (χ0n) is 12.2. The Morgan fingerprint density at radius 1 is 0.842 bits per heavy atom. The molecule has 0 aromatic heterocycles. The molecule has 0 aliphatic heterocycles. The minimum Gasteiger partial charge on any atom is -0.312 e. The summed E-state index contributed by atoms with van der Waals surface area (Å²) in [6.45, 7) is 8.49. The number of rotatable bonds is 5. The van der Waals surface area contributed by atoms with Gasteiger partial charge < -0.3 is 5.32 Å². The molecule has 100 valence electrons. The summed E-state index contributed by atoms with van der Waals surface area (Å²) in [6.07, 6.45) is 1.09. The van der Waals surface area contributed by atoms with Gasteiger partial charge in [-0.25, -0.2) is 0 Å². The number of hydrogen-bond donors (Lipinski definition) is 1. The first kappa shape index (κ1) is 13.8. The Kier molecular flexibility index (Phi) is 4.75. The largest absolute Gasteiger partial charge is 0.312 e. The molecule has 0 heterocycles. The summed E-state index contributed by atoms with van der Waals surface area (Å²) < 4.78 is 0. The van der Waals surface area contributed by atoms with Crippen molar-refractivity contribution in [3.05, 3.63) is 70.3 Å². The first-order valence-corrected chi connectivity index (χ1v) is 6.98. The topological polar surface area (TPSA) is 12.0 Å². The van der Waals surface area contributed by atoms with Gasteiger partial charge in [-0.3, -0.25) is 0 Å². The average molecular weight is 253 g/mol. The lowest BCUT2D eigenvalue weighted by Crippen LogP contribution is -2.17. The van der Waals surface area contributed by atoms with Crippen molar-refractivity contribution >= 4 is 0 Å². The van der Waals surface area contributed by atoms with E-state index >= 15 is 0 Å². The second-order valence-electron chi connectivity index (χ2n) is 5.27. The molecule has 0 fully saturated rings. The third-order valence-corrected chi connectivity index (χ3v) is 3.73. The monoisotopic (exact) mass is 253 g/mol. The molecule has 0 saturated heterocycles. The summed E-state index contributed by atoms with van der Waals surface area (Å²) in [4.78, 5) is 0. The molecule has 0 atom stereocenters. The summed E-state index contributed by atoms with van der Waals surface area (Å²) in [6, 6.07) is 15.3. The number of hydrogen-bond acceptors (Lipinski definition) is 1. The first-order valence-electron chi connectivity index (χ1n) is 6.98.